The van der Waals surface area contributed by atoms with E-state index in [1.54, 1.807) is 0 Å². The lowest BCUT2D eigenvalue weighted by Gasteiger charge is -2.19. The lowest BCUT2D eigenvalue weighted by Crippen LogP contribution is -2.32. The van der Waals surface area contributed by atoms with Gasteiger partial charge >= 0.3 is 6.09 Å². The highest BCUT2D eigenvalue weighted by Crippen LogP contribution is 2.30. The molecule has 3 rings (SSSR count). The summed E-state index contributed by atoms with van der Waals surface area (Å²) in [4.78, 5) is 32.6. The van der Waals surface area contributed by atoms with Crippen molar-refractivity contribution < 1.29 is 14.3 Å². The van der Waals surface area contributed by atoms with E-state index < -0.39 is 5.60 Å². The number of fused-ring (bicyclic) bond motifs is 2. The monoisotopic (exact) mass is 449 g/mol. The third kappa shape index (κ3) is 8.12. The Labute approximate surface area is 196 Å². The summed E-state index contributed by atoms with van der Waals surface area (Å²) >= 11 is 0. The molecule has 1 aromatic carbocycles. The van der Waals surface area contributed by atoms with Gasteiger partial charge in [0.25, 0.3) is 0 Å². The second kappa shape index (κ2) is 11.7. The fourth-order valence-corrected chi connectivity index (χ4v) is 3.93. The van der Waals surface area contributed by atoms with E-state index in [1.165, 1.54) is 0 Å². The fraction of sp³-hybridized carbons (Fsp3) is 0.481. The van der Waals surface area contributed by atoms with Crippen molar-refractivity contribution in [3.63, 3.8) is 0 Å². The standard InChI is InChI=1S/C27H35N3O3/c1-27(2,3)33-26(32)29-14-6-4-5-10-23-12-11-20-13-15-28-18-24(25(17-20)30-23)22-9-7-8-21(16-22)19-31/h7-9,11-12,16,18-20H,4-6,10,13-15,17H2,1-3H3,(H,29,32). The number of carbonyl (C=O) groups excluding carboxylic acids is 2. The normalized spacial score (nSPS) is 18.2. The molecule has 0 aromatic heterocycles. The Kier molecular flexibility index (Phi) is 8.75. The number of hydrogen-bond donors (Lipinski definition) is 1. The molecule has 6 nitrogen and oxygen atoms in total. The molecule has 0 saturated heterocycles. The Morgan fingerprint density at radius 1 is 1.24 bits per heavy atom. The van der Waals surface area contributed by atoms with Crippen molar-refractivity contribution in [1.29, 1.82) is 0 Å². The summed E-state index contributed by atoms with van der Waals surface area (Å²) in [5.41, 5.74) is 4.29. The minimum absolute atomic E-state index is 0.363. The van der Waals surface area contributed by atoms with E-state index in [0.29, 0.717) is 18.0 Å². The smallest absolute Gasteiger partial charge is 0.407 e. The second-order valence-electron chi connectivity index (χ2n) is 9.59. The van der Waals surface area contributed by atoms with Crippen LogP contribution in [-0.2, 0) is 4.74 Å². The molecular weight excluding hydrogens is 414 g/mol. The van der Waals surface area contributed by atoms with E-state index in [4.69, 9.17) is 9.73 Å². The van der Waals surface area contributed by atoms with Crippen LogP contribution in [0.15, 0.2) is 52.1 Å². The predicted octanol–water partition coefficient (Wildman–Crippen LogP) is 5.79. The first-order valence-corrected chi connectivity index (χ1v) is 11.9. The van der Waals surface area contributed by atoms with Crippen LogP contribution in [0.25, 0.3) is 5.57 Å². The Morgan fingerprint density at radius 3 is 2.88 bits per heavy atom. The molecule has 1 amide bonds. The van der Waals surface area contributed by atoms with E-state index in [0.717, 1.165) is 73.9 Å². The second-order valence-corrected chi connectivity index (χ2v) is 9.59. The number of aliphatic imine (C=N–C) groups is 2. The van der Waals surface area contributed by atoms with Gasteiger partial charge in [-0.3, -0.25) is 14.8 Å². The third-order valence-electron chi connectivity index (χ3n) is 5.57. The molecule has 0 saturated carbocycles. The van der Waals surface area contributed by atoms with E-state index >= 15 is 0 Å². The maximum Gasteiger partial charge on any atom is 0.407 e. The van der Waals surface area contributed by atoms with Crippen LogP contribution in [0.3, 0.4) is 0 Å². The molecule has 1 N–H and O–H groups in total. The predicted molar refractivity (Wildman–Crippen MR) is 134 cm³/mol. The van der Waals surface area contributed by atoms with Crippen LogP contribution < -0.4 is 5.32 Å². The maximum absolute atomic E-state index is 11.7. The number of carbonyl (C=O) groups is 2. The zero-order chi connectivity index (χ0) is 23.7. The van der Waals surface area contributed by atoms with Crippen LogP contribution in [0.4, 0.5) is 4.79 Å². The van der Waals surface area contributed by atoms with E-state index in [2.05, 4.69) is 22.5 Å². The van der Waals surface area contributed by atoms with Crippen molar-refractivity contribution in [2.45, 2.75) is 64.9 Å². The van der Waals surface area contributed by atoms with Gasteiger partial charge in [-0.25, -0.2) is 4.79 Å². The molecule has 2 aliphatic rings. The maximum atomic E-state index is 11.7. The van der Waals surface area contributed by atoms with Crippen molar-refractivity contribution in [2.75, 3.05) is 13.1 Å². The molecule has 0 radical (unpaired) electrons. The van der Waals surface area contributed by atoms with Crippen molar-refractivity contribution in [1.82, 2.24) is 5.32 Å². The van der Waals surface area contributed by atoms with Gasteiger partial charge in [0, 0.05) is 36.2 Å². The van der Waals surface area contributed by atoms with Crippen molar-refractivity contribution in [2.24, 2.45) is 15.9 Å². The summed E-state index contributed by atoms with van der Waals surface area (Å²) in [6.07, 6.45) is 12.6. The molecule has 33 heavy (non-hydrogen) atoms. The van der Waals surface area contributed by atoms with Crippen molar-refractivity contribution >= 4 is 29.9 Å². The molecule has 1 unspecified atom stereocenters. The summed E-state index contributed by atoms with van der Waals surface area (Å²) < 4.78 is 5.26. The van der Waals surface area contributed by atoms with Gasteiger partial charge in [0.1, 0.15) is 11.9 Å². The molecule has 2 aliphatic heterocycles. The van der Waals surface area contributed by atoms with Gasteiger partial charge in [-0.1, -0.05) is 30.7 Å². The average Bonchev–Trinajstić information content (AvgIpc) is 2.97. The summed E-state index contributed by atoms with van der Waals surface area (Å²) in [5.74, 6) is 0.418. The fourth-order valence-electron chi connectivity index (χ4n) is 3.93. The summed E-state index contributed by atoms with van der Waals surface area (Å²) in [6, 6.07) is 7.64. The number of alkyl carbamates (subject to hydrolysis) is 1. The van der Waals surface area contributed by atoms with Crippen LogP contribution in [0.2, 0.25) is 0 Å². The van der Waals surface area contributed by atoms with Gasteiger partial charge < -0.3 is 10.1 Å². The van der Waals surface area contributed by atoms with Gasteiger partial charge in [0.05, 0.1) is 5.70 Å². The van der Waals surface area contributed by atoms with E-state index in [-0.39, 0.29) is 6.09 Å². The number of aldehydes is 1. The van der Waals surface area contributed by atoms with Crippen LogP contribution in [0.5, 0.6) is 0 Å². The zero-order valence-electron chi connectivity index (χ0n) is 20.0. The largest absolute Gasteiger partial charge is 0.444 e. The molecule has 176 valence electrons. The molecule has 2 bridgehead atoms. The first-order valence-electron chi connectivity index (χ1n) is 11.9. The molecule has 0 aliphatic carbocycles. The number of amides is 1. The number of hydrogen-bond acceptors (Lipinski definition) is 5. The lowest BCUT2D eigenvalue weighted by molar-refractivity contribution is 0.0527. The Morgan fingerprint density at radius 2 is 2.09 bits per heavy atom. The van der Waals surface area contributed by atoms with E-state index in [1.807, 2.05) is 51.3 Å². The molecule has 1 atom stereocenters. The highest BCUT2D eigenvalue weighted by atomic mass is 16.6. The van der Waals surface area contributed by atoms with Gasteiger partial charge in [-0.15, -0.1) is 0 Å². The number of ether oxygens (including phenoxy) is 1. The quantitative estimate of drug-likeness (QED) is 0.403. The molecule has 0 fully saturated rings. The SMILES string of the molecule is CC(C)(C)OC(=O)NCCCCCC1=NC2=C(c3cccc(C=O)c3)C=NCCC(C=C1)C2. The third-order valence-corrected chi connectivity index (χ3v) is 5.57. The number of unbranched alkanes of at least 4 members (excludes halogenated alkanes) is 2. The molecule has 0 spiro atoms. The minimum atomic E-state index is -0.475. The topological polar surface area (TPSA) is 80.1 Å². The Hall–Kier alpha value is -3.02. The summed E-state index contributed by atoms with van der Waals surface area (Å²) in [5, 5.41) is 2.81. The number of benzene rings is 1. The highest BCUT2D eigenvalue weighted by Gasteiger charge is 2.19. The summed E-state index contributed by atoms with van der Waals surface area (Å²) in [6.45, 7) is 6.98. The Bertz CT molecular complexity index is 967. The van der Waals surface area contributed by atoms with Crippen LogP contribution in [0.1, 0.15) is 75.2 Å². The van der Waals surface area contributed by atoms with E-state index in [9.17, 15) is 9.59 Å². The lowest BCUT2D eigenvalue weighted by atomic mass is 9.93. The number of nitrogens with one attached hydrogen (secondary N) is 1. The Balaban J connectivity index is 1.62. The van der Waals surface area contributed by atoms with Crippen LogP contribution in [-0.4, -0.2) is 43.0 Å². The van der Waals surface area contributed by atoms with Crippen LogP contribution >= 0.6 is 0 Å². The number of allylic oxidation sites excluding steroid dienone is 4. The number of nitrogens with zero attached hydrogens (tertiary/aromatic N) is 2. The summed E-state index contributed by atoms with van der Waals surface area (Å²) in [7, 11) is 0. The van der Waals surface area contributed by atoms with Gasteiger partial charge in [0.2, 0.25) is 0 Å². The molecule has 1 aromatic rings. The van der Waals surface area contributed by atoms with Crippen molar-refractivity contribution in [3.8, 4) is 0 Å². The van der Waals surface area contributed by atoms with Crippen LogP contribution in [0, 0.1) is 5.92 Å². The highest BCUT2D eigenvalue weighted by molar-refractivity contribution is 6.12. The van der Waals surface area contributed by atoms with Gasteiger partial charge in [-0.2, -0.15) is 0 Å². The number of rotatable bonds is 8. The van der Waals surface area contributed by atoms with Gasteiger partial charge in [0.15, 0.2) is 0 Å². The minimum Gasteiger partial charge on any atom is -0.444 e. The average molecular weight is 450 g/mol. The van der Waals surface area contributed by atoms with Gasteiger partial charge in [-0.05, 0) is 76.5 Å². The first kappa shape index (κ1) is 24.6. The zero-order valence-corrected chi connectivity index (χ0v) is 20.0. The van der Waals surface area contributed by atoms with Crippen molar-refractivity contribution in [3.05, 3.63) is 53.2 Å². The molecule has 2 heterocycles. The molecular formula is C27H35N3O3. The first-order chi connectivity index (χ1) is 15.8. The molecule has 6 heteroatoms.